The van der Waals surface area contributed by atoms with E-state index in [-0.39, 0.29) is 22.9 Å². The minimum Gasteiger partial charge on any atom is -0.478 e. The van der Waals surface area contributed by atoms with Gasteiger partial charge in [0.15, 0.2) is 17.5 Å². The molecule has 6 nitrogen and oxygen atoms in total. The molecule has 1 heterocycles. The van der Waals surface area contributed by atoms with E-state index in [2.05, 4.69) is 10.3 Å². The molecular formula is C13H18N2O4. The predicted octanol–water partition coefficient (Wildman–Crippen LogP) is 1.46. The fourth-order valence-corrected chi connectivity index (χ4v) is 1.36. The van der Waals surface area contributed by atoms with E-state index in [0.717, 1.165) is 0 Å². The maximum absolute atomic E-state index is 11.8. The Morgan fingerprint density at radius 3 is 2.58 bits per heavy atom. The molecule has 0 bridgehead atoms. The molecule has 0 aliphatic rings. The Balaban J connectivity index is 2.80. The zero-order valence-corrected chi connectivity index (χ0v) is 11.4. The van der Waals surface area contributed by atoms with Gasteiger partial charge in [-0.25, -0.2) is 9.78 Å². The van der Waals surface area contributed by atoms with Gasteiger partial charge in [-0.05, 0) is 39.8 Å². The van der Waals surface area contributed by atoms with Crippen LogP contribution in [0.2, 0.25) is 0 Å². The number of nitrogens with one attached hydrogen (secondary N) is 1. The Labute approximate surface area is 111 Å². The van der Waals surface area contributed by atoms with Crippen molar-refractivity contribution in [1.82, 2.24) is 10.3 Å². The number of nitrogens with zero attached hydrogens (tertiary/aromatic N) is 1. The molecule has 0 saturated heterocycles. The normalized spacial score (nSPS) is 12.6. The van der Waals surface area contributed by atoms with Crippen LogP contribution in [0.15, 0.2) is 18.3 Å². The maximum Gasteiger partial charge on any atom is 0.358 e. The van der Waals surface area contributed by atoms with E-state index >= 15 is 0 Å². The first-order valence-corrected chi connectivity index (χ1v) is 5.87. The molecule has 1 aromatic heterocycles. The first-order chi connectivity index (χ1) is 8.70. The lowest BCUT2D eigenvalue weighted by molar-refractivity contribution is -0.128. The second kappa shape index (κ2) is 5.69. The highest BCUT2D eigenvalue weighted by molar-refractivity contribution is 5.89. The van der Waals surface area contributed by atoms with Crippen molar-refractivity contribution in [2.24, 2.45) is 0 Å². The lowest BCUT2D eigenvalue weighted by Crippen LogP contribution is -2.46. The molecule has 1 rings (SSSR count). The van der Waals surface area contributed by atoms with Crippen molar-refractivity contribution < 1.29 is 19.4 Å². The van der Waals surface area contributed by atoms with Gasteiger partial charge >= 0.3 is 5.97 Å². The molecule has 0 aromatic carbocycles. The number of hydrogen-bond donors (Lipinski definition) is 2. The molecule has 1 aromatic rings. The van der Waals surface area contributed by atoms with Gasteiger partial charge in [-0.2, -0.15) is 0 Å². The Kier molecular flexibility index (Phi) is 4.47. The summed E-state index contributed by atoms with van der Waals surface area (Å²) in [7, 11) is 0. The molecule has 104 valence electrons. The van der Waals surface area contributed by atoms with Crippen LogP contribution in [0.1, 0.15) is 38.2 Å². The van der Waals surface area contributed by atoms with Crippen molar-refractivity contribution in [3.05, 3.63) is 24.0 Å². The van der Waals surface area contributed by atoms with Crippen molar-refractivity contribution in [2.45, 2.75) is 39.3 Å². The highest BCUT2D eigenvalue weighted by Crippen LogP contribution is 2.17. The van der Waals surface area contributed by atoms with Gasteiger partial charge in [-0.15, -0.1) is 0 Å². The number of carbonyl (C=O) groups is 2. The third-order valence-corrected chi connectivity index (χ3v) is 2.14. The van der Waals surface area contributed by atoms with Gasteiger partial charge in [0, 0.05) is 11.7 Å². The van der Waals surface area contributed by atoms with Crippen molar-refractivity contribution in [2.75, 3.05) is 0 Å². The topological polar surface area (TPSA) is 88.5 Å². The van der Waals surface area contributed by atoms with Crippen molar-refractivity contribution in [3.8, 4) is 5.75 Å². The minimum absolute atomic E-state index is 0.0755. The molecule has 1 amide bonds. The summed E-state index contributed by atoms with van der Waals surface area (Å²) in [6.07, 6.45) is 0.553. The monoisotopic (exact) mass is 266 g/mol. The lowest BCUT2D eigenvalue weighted by atomic mass is 10.1. The number of rotatable bonds is 4. The molecule has 0 spiro atoms. The Morgan fingerprint density at radius 1 is 1.42 bits per heavy atom. The molecule has 0 aliphatic carbocycles. The molecule has 1 unspecified atom stereocenters. The van der Waals surface area contributed by atoms with Gasteiger partial charge in [-0.3, -0.25) is 4.79 Å². The van der Waals surface area contributed by atoms with E-state index in [1.54, 1.807) is 13.0 Å². The predicted molar refractivity (Wildman–Crippen MR) is 69.2 cm³/mol. The van der Waals surface area contributed by atoms with Gasteiger partial charge in [0.25, 0.3) is 5.91 Å². The standard InChI is InChI=1S/C13H18N2O4/c1-8(11(16)15-13(2,3)4)19-9-6-5-7-14-10(9)12(17)18/h5-8H,1-4H3,(H,15,16)(H,17,18). The summed E-state index contributed by atoms with van der Waals surface area (Å²) in [5.41, 5.74) is -0.586. The largest absolute Gasteiger partial charge is 0.478 e. The van der Waals surface area contributed by atoms with Crippen LogP contribution in [0.4, 0.5) is 0 Å². The third-order valence-electron chi connectivity index (χ3n) is 2.14. The number of pyridine rings is 1. The fraction of sp³-hybridized carbons (Fsp3) is 0.462. The van der Waals surface area contributed by atoms with Crippen LogP contribution in [-0.2, 0) is 4.79 Å². The Bertz CT molecular complexity index is 480. The fourth-order valence-electron chi connectivity index (χ4n) is 1.36. The second-order valence-corrected chi connectivity index (χ2v) is 5.15. The van der Waals surface area contributed by atoms with E-state index in [9.17, 15) is 9.59 Å². The quantitative estimate of drug-likeness (QED) is 0.861. The number of carboxylic acids is 1. The molecule has 0 aliphatic heterocycles. The number of carboxylic acid groups (broad SMARTS) is 1. The number of ether oxygens (including phenoxy) is 1. The van der Waals surface area contributed by atoms with Gasteiger partial charge in [0.2, 0.25) is 0 Å². The van der Waals surface area contributed by atoms with Crippen LogP contribution < -0.4 is 10.1 Å². The molecule has 1 atom stereocenters. The highest BCUT2D eigenvalue weighted by atomic mass is 16.5. The summed E-state index contributed by atoms with van der Waals surface area (Å²) >= 11 is 0. The number of aromatic nitrogens is 1. The summed E-state index contributed by atoms with van der Waals surface area (Å²) < 4.78 is 5.36. The molecule has 0 saturated carbocycles. The van der Waals surface area contributed by atoms with Gasteiger partial charge < -0.3 is 15.2 Å². The Hall–Kier alpha value is -2.11. The minimum atomic E-state index is -1.20. The number of amides is 1. The first kappa shape index (κ1) is 14.9. The van der Waals surface area contributed by atoms with Gasteiger partial charge in [0.05, 0.1) is 0 Å². The molecule has 2 N–H and O–H groups in total. The summed E-state index contributed by atoms with van der Waals surface area (Å²) in [6.45, 7) is 7.11. The summed E-state index contributed by atoms with van der Waals surface area (Å²) in [4.78, 5) is 26.5. The van der Waals surface area contributed by atoms with Crippen LogP contribution in [0.25, 0.3) is 0 Å². The van der Waals surface area contributed by atoms with Crippen molar-refractivity contribution in [1.29, 1.82) is 0 Å². The number of hydrogen-bond acceptors (Lipinski definition) is 4. The van der Waals surface area contributed by atoms with Gasteiger partial charge in [0.1, 0.15) is 0 Å². The average Bonchev–Trinajstić information content (AvgIpc) is 2.27. The Morgan fingerprint density at radius 2 is 2.05 bits per heavy atom. The summed E-state index contributed by atoms with van der Waals surface area (Å²) in [5, 5.41) is 11.7. The lowest BCUT2D eigenvalue weighted by Gasteiger charge is -2.23. The highest BCUT2D eigenvalue weighted by Gasteiger charge is 2.22. The molecular weight excluding hydrogens is 248 g/mol. The number of aromatic carboxylic acids is 1. The third kappa shape index (κ3) is 4.57. The van der Waals surface area contributed by atoms with Crippen LogP contribution in [-0.4, -0.2) is 33.6 Å². The summed E-state index contributed by atoms with van der Waals surface area (Å²) in [5.74, 6) is -1.43. The van der Waals surface area contributed by atoms with E-state index < -0.39 is 12.1 Å². The zero-order valence-electron chi connectivity index (χ0n) is 11.4. The summed E-state index contributed by atoms with van der Waals surface area (Å²) in [6, 6.07) is 3.02. The van der Waals surface area contributed by atoms with Crippen LogP contribution in [0.3, 0.4) is 0 Å². The van der Waals surface area contributed by atoms with Crippen molar-refractivity contribution >= 4 is 11.9 Å². The van der Waals surface area contributed by atoms with E-state index in [1.807, 2.05) is 20.8 Å². The van der Waals surface area contributed by atoms with Crippen LogP contribution in [0.5, 0.6) is 5.75 Å². The second-order valence-electron chi connectivity index (χ2n) is 5.15. The molecule has 19 heavy (non-hydrogen) atoms. The van der Waals surface area contributed by atoms with E-state index in [0.29, 0.717) is 0 Å². The van der Waals surface area contributed by atoms with Crippen LogP contribution in [0, 0.1) is 0 Å². The van der Waals surface area contributed by atoms with Gasteiger partial charge in [-0.1, -0.05) is 0 Å². The SMILES string of the molecule is CC(Oc1cccnc1C(=O)O)C(=O)NC(C)(C)C. The van der Waals surface area contributed by atoms with Crippen LogP contribution >= 0.6 is 0 Å². The van der Waals surface area contributed by atoms with E-state index in [4.69, 9.17) is 9.84 Å². The van der Waals surface area contributed by atoms with Crippen molar-refractivity contribution in [3.63, 3.8) is 0 Å². The zero-order chi connectivity index (χ0) is 14.6. The molecule has 0 fully saturated rings. The maximum atomic E-state index is 11.8. The first-order valence-electron chi connectivity index (χ1n) is 5.87. The average molecular weight is 266 g/mol. The van der Waals surface area contributed by atoms with E-state index in [1.165, 1.54) is 12.3 Å². The molecule has 0 radical (unpaired) electrons. The number of carbonyl (C=O) groups excluding carboxylic acids is 1. The smallest absolute Gasteiger partial charge is 0.358 e. The molecule has 6 heteroatoms.